The third kappa shape index (κ3) is 9.49. The minimum Gasteiger partial charge on any atom is -0.460 e. The lowest BCUT2D eigenvalue weighted by atomic mass is 10.3. The van der Waals surface area contributed by atoms with E-state index in [0.29, 0.717) is 11.5 Å². The fraction of sp³-hybridized carbons (Fsp3) is 0.308. The fourth-order valence-corrected chi connectivity index (χ4v) is 2.54. The van der Waals surface area contributed by atoms with Crippen molar-refractivity contribution in [2.45, 2.75) is 25.9 Å². The van der Waals surface area contributed by atoms with Gasteiger partial charge in [0.05, 0.1) is 12.1 Å². The summed E-state index contributed by atoms with van der Waals surface area (Å²) in [6.07, 6.45) is 0.649. The van der Waals surface area contributed by atoms with E-state index in [1.165, 1.54) is 23.9 Å². The highest BCUT2D eigenvalue weighted by Crippen LogP contribution is 2.12. The minimum atomic E-state index is -0.778. The zero-order valence-corrected chi connectivity index (χ0v) is 20.7. The second-order valence-electron chi connectivity index (χ2n) is 7.88. The summed E-state index contributed by atoms with van der Waals surface area (Å²) < 4.78 is 20.6. The number of nitrogens with zero attached hydrogens (tertiary/aromatic N) is 2. The average molecular weight is 499 g/mol. The Kier molecular flexibility index (Phi) is 11.0. The van der Waals surface area contributed by atoms with Gasteiger partial charge in [-0.05, 0) is 38.1 Å². The van der Waals surface area contributed by atoms with E-state index in [4.69, 9.17) is 18.9 Å². The number of likely N-dealkylation sites (N-methyl/N-ethyl adjacent to an activating group) is 2. The molecule has 0 aromatic heterocycles. The number of carbonyl (C=O) groups excluding carboxylic acids is 4. The zero-order valence-electron chi connectivity index (χ0n) is 20.7. The first-order valence-corrected chi connectivity index (χ1v) is 11.2. The van der Waals surface area contributed by atoms with Crippen LogP contribution >= 0.6 is 0 Å². The largest absolute Gasteiger partial charge is 0.460 e. The van der Waals surface area contributed by atoms with Crippen molar-refractivity contribution in [2.24, 2.45) is 0 Å². The molecule has 0 fully saturated rings. The summed E-state index contributed by atoms with van der Waals surface area (Å²) in [5.41, 5.74) is 0. The Morgan fingerprint density at radius 3 is 1.33 bits per heavy atom. The minimum absolute atomic E-state index is 0.107. The molecule has 0 aliphatic rings. The molecule has 36 heavy (non-hydrogen) atoms. The number of esters is 2. The Morgan fingerprint density at radius 1 is 0.667 bits per heavy atom. The van der Waals surface area contributed by atoms with Crippen LogP contribution in [-0.4, -0.2) is 73.3 Å². The summed E-state index contributed by atoms with van der Waals surface area (Å²) >= 11 is 0. The molecule has 2 atom stereocenters. The predicted octanol–water partition coefficient (Wildman–Crippen LogP) is 3.67. The van der Waals surface area contributed by atoms with E-state index in [0.717, 1.165) is 12.2 Å². The highest BCUT2D eigenvalue weighted by Gasteiger charge is 2.20. The number of carbonyl (C=O) groups is 4. The molecule has 10 nitrogen and oxygen atoms in total. The standard InChI is InChI=1S/C26H30N2O8/c1-19(27(3)25(31)35-21-11-7-5-8-12-21)17-33-23(29)15-16-24(30)34-18-20(2)28(4)26(32)36-22-13-9-6-10-14-22/h5-16,19-20H,17-18H2,1-4H3/b16-15+/t19-,20-/m0/s1. The molecule has 192 valence electrons. The number of rotatable bonds is 10. The molecule has 2 aromatic carbocycles. The molecular formula is C26H30N2O8. The van der Waals surface area contributed by atoms with E-state index >= 15 is 0 Å². The van der Waals surface area contributed by atoms with Crippen LogP contribution < -0.4 is 9.47 Å². The van der Waals surface area contributed by atoms with E-state index in [9.17, 15) is 19.2 Å². The monoisotopic (exact) mass is 498 g/mol. The van der Waals surface area contributed by atoms with E-state index in [1.807, 2.05) is 0 Å². The fourth-order valence-electron chi connectivity index (χ4n) is 2.54. The van der Waals surface area contributed by atoms with Crippen molar-refractivity contribution < 1.29 is 38.1 Å². The molecule has 0 unspecified atom stereocenters. The molecule has 0 bridgehead atoms. The maximum absolute atomic E-state index is 12.2. The number of amides is 2. The van der Waals surface area contributed by atoms with E-state index < -0.39 is 36.2 Å². The molecule has 0 radical (unpaired) electrons. The van der Waals surface area contributed by atoms with Gasteiger partial charge in [-0.15, -0.1) is 0 Å². The number of hydrogen-bond acceptors (Lipinski definition) is 8. The number of para-hydroxylation sites is 2. The summed E-state index contributed by atoms with van der Waals surface area (Å²) in [4.78, 5) is 50.8. The Morgan fingerprint density at radius 2 is 1.00 bits per heavy atom. The summed E-state index contributed by atoms with van der Waals surface area (Å²) in [7, 11) is 3.04. The third-order valence-electron chi connectivity index (χ3n) is 5.08. The highest BCUT2D eigenvalue weighted by atomic mass is 16.6. The molecule has 0 N–H and O–H groups in total. The SMILES string of the molecule is C[C@@H](COC(=O)/C=C/C(=O)OC[C@H](C)N(C)C(=O)Oc1ccccc1)N(C)C(=O)Oc1ccccc1. The van der Waals surface area contributed by atoms with Crippen molar-refractivity contribution in [1.82, 2.24) is 9.80 Å². The van der Waals surface area contributed by atoms with Gasteiger partial charge in [-0.3, -0.25) is 0 Å². The zero-order chi connectivity index (χ0) is 26.5. The summed E-state index contributed by atoms with van der Waals surface area (Å²) in [5, 5.41) is 0. The van der Waals surface area contributed by atoms with Gasteiger partial charge in [0.2, 0.25) is 0 Å². The lowest BCUT2D eigenvalue weighted by Gasteiger charge is -2.23. The summed E-state index contributed by atoms with van der Waals surface area (Å²) in [6, 6.07) is 16.2. The first-order valence-electron chi connectivity index (χ1n) is 11.2. The van der Waals surface area contributed by atoms with Gasteiger partial charge in [-0.2, -0.15) is 0 Å². The number of benzene rings is 2. The molecule has 10 heteroatoms. The van der Waals surface area contributed by atoms with Gasteiger partial charge in [0.25, 0.3) is 0 Å². The highest BCUT2D eigenvalue weighted by molar-refractivity contribution is 5.91. The molecular weight excluding hydrogens is 468 g/mol. The van der Waals surface area contributed by atoms with Crippen LogP contribution in [0.25, 0.3) is 0 Å². The Labute approximate surface area is 210 Å². The molecule has 0 heterocycles. The van der Waals surface area contributed by atoms with E-state index in [1.54, 1.807) is 74.5 Å². The van der Waals surface area contributed by atoms with Crippen LogP contribution in [0.5, 0.6) is 11.5 Å². The normalized spacial score (nSPS) is 12.2. The predicted molar refractivity (Wildman–Crippen MR) is 130 cm³/mol. The maximum atomic E-state index is 12.2. The maximum Gasteiger partial charge on any atom is 0.415 e. The van der Waals surface area contributed by atoms with Gasteiger partial charge in [0.15, 0.2) is 0 Å². The second kappa shape index (κ2) is 14.1. The van der Waals surface area contributed by atoms with Crippen LogP contribution in [-0.2, 0) is 19.1 Å². The number of ether oxygens (including phenoxy) is 4. The molecule has 0 spiro atoms. The van der Waals surface area contributed by atoms with Crippen LogP contribution in [0.3, 0.4) is 0 Å². The van der Waals surface area contributed by atoms with Crippen molar-refractivity contribution in [3.63, 3.8) is 0 Å². The smallest absolute Gasteiger partial charge is 0.415 e. The molecule has 0 aliphatic carbocycles. The quantitative estimate of drug-likeness (QED) is 0.360. The summed E-state index contributed by atoms with van der Waals surface area (Å²) in [6.45, 7) is 3.14. The van der Waals surface area contributed by atoms with E-state index in [-0.39, 0.29) is 13.2 Å². The van der Waals surface area contributed by atoms with Crippen LogP contribution in [0.2, 0.25) is 0 Å². The van der Waals surface area contributed by atoms with Crippen molar-refractivity contribution in [1.29, 1.82) is 0 Å². The van der Waals surface area contributed by atoms with Crippen LogP contribution in [0.4, 0.5) is 9.59 Å². The Balaban J connectivity index is 1.69. The summed E-state index contributed by atoms with van der Waals surface area (Å²) in [5.74, 6) is -0.761. The first-order chi connectivity index (χ1) is 17.2. The van der Waals surface area contributed by atoms with Gasteiger partial charge in [-0.25, -0.2) is 19.2 Å². The Bertz CT molecular complexity index is 959. The van der Waals surface area contributed by atoms with Crippen molar-refractivity contribution >= 4 is 24.1 Å². The molecule has 0 aliphatic heterocycles. The molecule has 0 saturated carbocycles. The third-order valence-corrected chi connectivity index (χ3v) is 5.08. The van der Waals surface area contributed by atoms with Crippen LogP contribution in [0.15, 0.2) is 72.8 Å². The second-order valence-corrected chi connectivity index (χ2v) is 7.88. The van der Waals surface area contributed by atoms with Crippen molar-refractivity contribution in [2.75, 3.05) is 27.3 Å². The van der Waals surface area contributed by atoms with Gasteiger partial charge >= 0.3 is 24.1 Å². The van der Waals surface area contributed by atoms with Crippen molar-refractivity contribution in [3.05, 3.63) is 72.8 Å². The van der Waals surface area contributed by atoms with Gasteiger partial charge < -0.3 is 28.7 Å². The molecule has 0 saturated heterocycles. The molecule has 2 rings (SSSR count). The molecule has 2 amide bonds. The number of hydrogen-bond donors (Lipinski definition) is 0. The van der Waals surface area contributed by atoms with Gasteiger partial charge in [0, 0.05) is 26.2 Å². The average Bonchev–Trinajstić information content (AvgIpc) is 2.89. The lowest BCUT2D eigenvalue weighted by Crippen LogP contribution is -2.40. The molecule has 2 aromatic rings. The van der Waals surface area contributed by atoms with Crippen molar-refractivity contribution in [3.8, 4) is 11.5 Å². The lowest BCUT2D eigenvalue weighted by molar-refractivity contribution is -0.141. The topological polar surface area (TPSA) is 112 Å². The first kappa shape index (κ1) is 27.9. The van der Waals surface area contributed by atoms with Crippen LogP contribution in [0, 0.1) is 0 Å². The Hall–Kier alpha value is -4.34. The van der Waals surface area contributed by atoms with E-state index in [2.05, 4.69) is 0 Å². The van der Waals surface area contributed by atoms with Crippen LogP contribution in [0.1, 0.15) is 13.8 Å². The van der Waals surface area contributed by atoms with Gasteiger partial charge in [-0.1, -0.05) is 36.4 Å². The van der Waals surface area contributed by atoms with Gasteiger partial charge in [0.1, 0.15) is 24.7 Å².